The summed E-state index contributed by atoms with van der Waals surface area (Å²) in [5.41, 5.74) is 6.73. The lowest BCUT2D eigenvalue weighted by Gasteiger charge is -2.11. The van der Waals surface area contributed by atoms with E-state index in [0.29, 0.717) is 18.4 Å². The van der Waals surface area contributed by atoms with Gasteiger partial charge in [-0.1, -0.05) is 24.3 Å². The monoisotopic (exact) mass is 331 g/mol. The summed E-state index contributed by atoms with van der Waals surface area (Å²) in [5.74, 6) is -0.0500. The van der Waals surface area contributed by atoms with Crippen molar-refractivity contribution in [3.05, 3.63) is 65.2 Å². The summed E-state index contributed by atoms with van der Waals surface area (Å²) in [7, 11) is 0. The number of hydrogen-bond acceptors (Lipinski definition) is 5. The first-order valence-electron chi connectivity index (χ1n) is 8.02. The third-order valence-electron chi connectivity index (χ3n) is 3.97. The number of nitriles is 1. The number of amides is 1. The van der Waals surface area contributed by atoms with Crippen LogP contribution in [0.1, 0.15) is 42.5 Å². The van der Waals surface area contributed by atoms with Gasteiger partial charge in [0, 0.05) is 12.8 Å². The molecule has 0 fully saturated rings. The number of azo groups is 1. The number of nitrogens with zero attached hydrogens (tertiary/aromatic N) is 4. The number of hydrazone groups is 1. The molecule has 6 heteroatoms. The van der Waals surface area contributed by atoms with E-state index >= 15 is 0 Å². The molecule has 1 unspecified atom stereocenters. The SMILES string of the molecule is CC(N=Nc1ccc(C2=NNC(=O)CC2)cc1)c1ccc(C#N)cc1. The maximum atomic E-state index is 11.1. The highest BCUT2D eigenvalue weighted by molar-refractivity contribution is 6.04. The molecule has 0 saturated heterocycles. The average molecular weight is 331 g/mol. The highest BCUT2D eigenvalue weighted by Crippen LogP contribution is 2.22. The van der Waals surface area contributed by atoms with Crippen LogP contribution >= 0.6 is 0 Å². The van der Waals surface area contributed by atoms with Crippen molar-refractivity contribution in [2.75, 3.05) is 0 Å². The molecular weight excluding hydrogens is 314 g/mol. The Morgan fingerprint density at radius 2 is 1.84 bits per heavy atom. The molecule has 0 saturated carbocycles. The van der Waals surface area contributed by atoms with Gasteiger partial charge in [0.15, 0.2) is 0 Å². The largest absolute Gasteiger partial charge is 0.273 e. The molecule has 3 rings (SSSR count). The van der Waals surface area contributed by atoms with Gasteiger partial charge in [0.25, 0.3) is 0 Å². The van der Waals surface area contributed by atoms with Crippen molar-refractivity contribution in [1.82, 2.24) is 5.43 Å². The van der Waals surface area contributed by atoms with Crippen molar-refractivity contribution >= 4 is 17.3 Å². The Bertz CT molecular complexity index is 860. The molecule has 0 radical (unpaired) electrons. The second-order valence-electron chi connectivity index (χ2n) is 5.77. The molecule has 1 atom stereocenters. The van der Waals surface area contributed by atoms with Crippen LogP contribution in [0.3, 0.4) is 0 Å². The van der Waals surface area contributed by atoms with Crippen LogP contribution in [0.25, 0.3) is 0 Å². The standard InChI is InChI=1S/C19H17N5O/c1-13(15-4-2-14(12-20)3-5-15)21-22-17-8-6-16(7-9-17)18-10-11-19(25)24-23-18/h2-9,13H,10-11H2,1H3,(H,24,25). The first kappa shape index (κ1) is 16.5. The Kier molecular flexibility index (Phi) is 4.95. The number of benzene rings is 2. The zero-order valence-electron chi connectivity index (χ0n) is 13.8. The van der Waals surface area contributed by atoms with Crippen LogP contribution in [0, 0.1) is 11.3 Å². The molecule has 25 heavy (non-hydrogen) atoms. The van der Waals surface area contributed by atoms with Crippen LogP contribution in [0.5, 0.6) is 0 Å². The lowest BCUT2D eigenvalue weighted by atomic mass is 10.0. The molecule has 1 aliphatic rings. The normalized spacial score (nSPS) is 15.4. The molecule has 2 aromatic carbocycles. The number of carbonyl (C=O) groups excluding carboxylic acids is 1. The van der Waals surface area contributed by atoms with Crippen molar-refractivity contribution in [3.8, 4) is 6.07 Å². The molecule has 0 aromatic heterocycles. The van der Waals surface area contributed by atoms with Gasteiger partial charge in [-0.2, -0.15) is 20.6 Å². The van der Waals surface area contributed by atoms with Gasteiger partial charge in [-0.05, 0) is 42.3 Å². The van der Waals surface area contributed by atoms with Crippen LogP contribution in [0.2, 0.25) is 0 Å². The second kappa shape index (κ2) is 7.49. The predicted molar refractivity (Wildman–Crippen MR) is 94.4 cm³/mol. The van der Waals surface area contributed by atoms with Crippen LogP contribution in [0.4, 0.5) is 5.69 Å². The van der Waals surface area contributed by atoms with Crippen molar-refractivity contribution < 1.29 is 4.79 Å². The molecule has 6 nitrogen and oxygen atoms in total. The van der Waals surface area contributed by atoms with Crippen LogP contribution < -0.4 is 5.43 Å². The molecule has 124 valence electrons. The summed E-state index contributed by atoms with van der Waals surface area (Å²) in [6.07, 6.45) is 1.10. The molecule has 1 aliphatic heterocycles. The summed E-state index contributed by atoms with van der Waals surface area (Å²) in [5, 5.41) is 21.5. The van der Waals surface area contributed by atoms with E-state index in [1.54, 1.807) is 12.1 Å². The van der Waals surface area contributed by atoms with Gasteiger partial charge in [-0.25, -0.2) is 5.43 Å². The molecule has 0 bridgehead atoms. The maximum Gasteiger partial charge on any atom is 0.240 e. The minimum Gasteiger partial charge on any atom is -0.273 e. The highest BCUT2D eigenvalue weighted by Gasteiger charge is 2.12. The smallest absolute Gasteiger partial charge is 0.240 e. The third kappa shape index (κ3) is 4.15. The van der Waals surface area contributed by atoms with E-state index in [1.807, 2.05) is 43.3 Å². The number of carbonyl (C=O) groups is 1. The van der Waals surface area contributed by atoms with Gasteiger partial charge in [-0.15, -0.1) is 0 Å². The van der Waals surface area contributed by atoms with Gasteiger partial charge >= 0.3 is 0 Å². The minimum atomic E-state index is -0.0923. The first-order valence-corrected chi connectivity index (χ1v) is 8.02. The molecule has 0 spiro atoms. The minimum absolute atomic E-state index is 0.0500. The lowest BCUT2D eigenvalue weighted by Crippen LogP contribution is -2.25. The summed E-state index contributed by atoms with van der Waals surface area (Å²) in [4.78, 5) is 11.1. The summed E-state index contributed by atoms with van der Waals surface area (Å²) in [6.45, 7) is 1.96. The second-order valence-corrected chi connectivity index (χ2v) is 5.77. The van der Waals surface area contributed by atoms with Crippen molar-refractivity contribution in [2.45, 2.75) is 25.8 Å². The topological polar surface area (TPSA) is 90.0 Å². The fourth-order valence-electron chi connectivity index (χ4n) is 2.46. The molecule has 1 amide bonds. The van der Waals surface area contributed by atoms with Crippen LogP contribution in [-0.2, 0) is 4.79 Å². The summed E-state index contributed by atoms with van der Waals surface area (Å²) < 4.78 is 0. The van der Waals surface area contributed by atoms with E-state index in [9.17, 15) is 4.79 Å². The number of hydrogen-bond donors (Lipinski definition) is 1. The Labute approximate surface area is 145 Å². The fraction of sp³-hybridized carbons (Fsp3) is 0.211. The Morgan fingerprint density at radius 3 is 2.44 bits per heavy atom. The van der Waals surface area contributed by atoms with Crippen molar-refractivity contribution in [3.63, 3.8) is 0 Å². The summed E-state index contributed by atoms with van der Waals surface area (Å²) >= 11 is 0. The lowest BCUT2D eigenvalue weighted by molar-refractivity contribution is -0.121. The zero-order chi connectivity index (χ0) is 17.6. The van der Waals surface area contributed by atoms with Gasteiger partial charge in [0.05, 0.1) is 29.1 Å². The first-order chi connectivity index (χ1) is 12.2. The van der Waals surface area contributed by atoms with E-state index in [4.69, 9.17) is 5.26 Å². The average Bonchev–Trinajstić information content (AvgIpc) is 2.67. The van der Waals surface area contributed by atoms with Gasteiger partial charge in [0.1, 0.15) is 0 Å². The molecule has 1 N–H and O–H groups in total. The third-order valence-corrected chi connectivity index (χ3v) is 3.97. The quantitative estimate of drug-likeness (QED) is 0.857. The molecule has 2 aromatic rings. The number of rotatable bonds is 4. The predicted octanol–water partition coefficient (Wildman–Crippen LogP) is 4.02. The molecule has 0 aliphatic carbocycles. The maximum absolute atomic E-state index is 11.1. The van der Waals surface area contributed by atoms with Crippen LogP contribution in [0.15, 0.2) is 63.9 Å². The van der Waals surface area contributed by atoms with E-state index in [0.717, 1.165) is 22.5 Å². The van der Waals surface area contributed by atoms with E-state index in [1.165, 1.54) is 0 Å². The highest BCUT2D eigenvalue weighted by atomic mass is 16.2. The molecular formula is C19H17N5O. The van der Waals surface area contributed by atoms with E-state index in [2.05, 4.69) is 26.8 Å². The number of nitrogens with one attached hydrogen (secondary N) is 1. The molecule has 1 heterocycles. The van der Waals surface area contributed by atoms with Gasteiger partial charge < -0.3 is 0 Å². The van der Waals surface area contributed by atoms with E-state index < -0.39 is 0 Å². The van der Waals surface area contributed by atoms with Gasteiger partial charge in [0.2, 0.25) is 5.91 Å². The Hall–Kier alpha value is -3.33. The van der Waals surface area contributed by atoms with Crippen molar-refractivity contribution in [1.29, 1.82) is 5.26 Å². The van der Waals surface area contributed by atoms with Gasteiger partial charge in [-0.3, -0.25) is 4.79 Å². The van der Waals surface area contributed by atoms with Crippen molar-refractivity contribution in [2.24, 2.45) is 15.3 Å². The summed E-state index contributed by atoms with van der Waals surface area (Å²) in [6, 6.07) is 17.0. The zero-order valence-corrected chi connectivity index (χ0v) is 13.8. The van der Waals surface area contributed by atoms with E-state index in [-0.39, 0.29) is 11.9 Å². The Balaban J connectivity index is 1.67. The Morgan fingerprint density at radius 1 is 1.12 bits per heavy atom. The fourth-order valence-corrected chi connectivity index (χ4v) is 2.46. The van der Waals surface area contributed by atoms with Crippen LogP contribution in [-0.4, -0.2) is 11.6 Å².